The molecule has 0 radical (unpaired) electrons. The van der Waals surface area contributed by atoms with E-state index in [2.05, 4.69) is 14.9 Å². The first kappa shape index (κ1) is 15.0. The number of hydrogen-bond donors (Lipinski definition) is 2. The van der Waals surface area contributed by atoms with Gasteiger partial charge in [0.25, 0.3) is 0 Å². The van der Waals surface area contributed by atoms with Crippen molar-refractivity contribution in [3.05, 3.63) is 11.4 Å². The minimum atomic E-state index is -3.58. The van der Waals surface area contributed by atoms with Gasteiger partial charge in [-0.05, 0) is 26.7 Å². The molecule has 2 rings (SSSR count). The highest BCUT2D eigenvalue weighted by molar-refractivity contribution is 7.89. The van der Waals surface area contributed by atoms with Gasteiger partial charge >= 0.3 is 0 Å². The van der Waals surface area contributed by atoms with Crippen molar-refractivity contribution in [2.24, 2.45) is 0 Å². The average Bonchev–Trinajstić information content (AvgIpc) is 2.72. The van der Waals surface area contributed by atoms with E-state index in [1.54, 1.807) is 18.7 Å². The summed E-state index contributed by atoms with van der Waals surface area (Å²) in [6, 6.07) is 0. The summed E-state index contributed by atoms with van der Waals surface area (Å²) in [6.45, 7) is 4.66. The van der Waals surface area contributed by atoms with Crippen molar-refractivity contribution in [1.29, 1.82) is 0 Å². The van der Waals surface area contributed by atoms with Crippen LogP contribution in [0.2, 0.25) is 0 Å². The second-order valence-corrected chi connectivity index (χ2v) is 6.70. The summed E-state index contributed by atoms with van der Waals surface area (Å²) < 4.78 is 26.9. The Balaban J connectivity index is 1.95. The molecule has 0 spiro atoms. The van der Waals surface area contributed by atoms with E-state index in [9.17, 15) is 13.2 Å². The number of aromatic amines is 1. The van der Waals surface area contributed by atoms with Crippen LogP contribution in [-0.4, -0.2) is 49.1 Å². The van der Waals surface area contributed by atoms with Gasteiger partial charge in [0.15, 0.2) is 0 Å². The van der Waals surface area contributed by atoms with Gasteiger partial charge in [0.1, 0.15) is 4.90 Å². The lowest BCUT2D eigenvalue weighted by molar-refractivity contribution is -0.133. The molecule has 8 heteroatoms. The van der Waals surface area contributed by atoms with E-state index in [1.165, 1.54) is 0 Å². The van der Waals surface area contributed by atoms with Crippen molar-refractivity contribution < 1.29 is 13.2 Å². The number of amides is 1. The van der Waals surface area contributed by atoms with Crippen molar-refractivity contribution in [2.75, 3.05) is 19.6 Å². The van der Waals surface area contributed by atoms with Gasteiger partial charge in [-0.15, -0.1) is 0 Å². The molecule has 1 aromatic heterocycles. The van der Waals surface area contributed by atoms with Crippen LogP contribution in [0.15, 0.2) is 4.90 Å². The number of aryl methyl sites for hydroxylation is 2. The van der Waals surface area contributed by atoms with Gasteiger partial charge in [0.05, 0.1) is 11.4 Å². The molecular formula is C12H20N4O3S. The minimum absolute atomic E-state index is 0.103. The van der Waals surface area contributed by atoms with Crippen molar-refractivity contribution in [3.8, 4) is 0 Å². The molecule has 1 saturated heterocycles. The first-order valence-electron chi connectivity index (χ1n) is 6.71. The van der Waals surface area contributed by atoms with Gasteiger partial charge in [-0.25, -0.2) is 13.1 Å². The average molecular weight is 300 g/mol. The van der Waals surface area contributed by atoms with Crippen LogP contribution >= 0.6 is 0 Å². The predicted octanol–water partition coefficient (Wildman–Crippen LogP) is 0.317. The fourth-order valence-electron chi connectivity index (χ4n) is 2.42. The number of hydrogen-bond acceptors (Lipinski definition) is 4. The molecular weight excluding hydrogens is 280 g/mol. The van der Waals surface area contributed by atoms with Gasteiger partial charge in [0, 0.05) is 26.1 Å². The maximum atomic E-state index is 12.2. The van der Waals surface area contributed by atoms with Crippen LogP contribution in [-0.2, 0) is 14.8 Å². The van der Waals surface area contributed by atoms with E-state index < -0.39 is 10.0 Å². The Morgan fingerprint density at radius 3 is 2.70 bits per heavy atom. The van der Waals surface area contributed by atoms with E-state index in [1.807, 2.05) is 0 Å². The summed E-state index contributed by atoms with van der Waals surface area (Å²) in [5.41, 5.74) is 0.966. The van der Waals surface area contributed by atoms with Gasteiger partial charge in [-0.1, -0.05) is 0 Å². The number of nitrogens with one attached hydrogen (secondary N) is 2. The molecule has 2 heterocycles. The van der Waals surface area contributed by atoms with E-state index in [0.29, 0.717) is 30.9 Å². The standard InChI is InChI=1S/C12H20N4O3S/c1-9-12(10(2)15-14-9)20(18,19)13-6-8-16-7-4-3-5-11(16)17/h13H,3-8H2,1-2H3,(H,14,15). The molecule has 1 amide bonds. The molecule has 1 fully saturated rings. The molecule has 0 aliphatic carbocycles. The number of carbonyl (C=O) groups is 1. The highest BCUT2D eigenvalue weighted by Crippen LogP contribution is 2.16. The van der Waals surface area contributed by atoms with E-state index >= 15 is 0 Å². The Bertz CT molecular complexity index is 574. The lowest BCUT2D eigenvalue weighted by atomic mass is 10.1. The first-order chi connectivity index (χ1) is 9.42. The molecule has 1 aromatic rings. The minimum Gasteiger partial charge on any atom is -0.341 e. The zero-order valence-corrected chi connectivity index (χ0v) is 12.6. The Morgan fingerprint density at radius 1 is 1.35 bits per heavy atom. The van der Waals surface area contributed by atoms with E-state index in [4.69, 9.17) is 0 Å². The summed E-state index contributed by atoms with van der Waals surface area (Å²) in [6.07, 6.45) is 2.47. The van der Waals surface area contributed by atoms with E-state index in [0.717, 1.165) is 12.8 Å². The first-order valence-corrected chi connectivity index (χ1v) is 8.19. The van der Waals surface area contributed by atoms with Crippen molar-refractivity contribution in [2.45, 2.75) is 38.0 Å². The zero-order valence-electron chi connectivity index (χ0n) is 11.8. The molecule has 20 heavy (non-hydrogen) atoms. The Kier molecular flexibility index (Phi) is 4.44. The number of piperidine rings is 1. The van der Waals surface area contributed by atoms with Crippen LogP contribution in [0.25, 0.3) is 0 Å². The van der Waals surface area contributed by atoms with Crippen LogP contribution in [0.4, 0.5) is 0 Å². The van der Waals surface area contributed by atoms with Gasteiger partial charge in [-0.3, -0.25) is 9.89 Å². The van der Waals surface area contributed by atoms with Crippen molar-refractivity contribution in [3.63, 3.8) is 0 Å². The molecule has 0 saturated carbocycles. The molecule has 0 aromatic carbocycles. The topological polar surface area (TPSA) is 95.2 Å². The number of H-pyrrole nitrogens is 1. The zero-order chi connectivity index (χ0) is 14.8. The second-order valence-electron chi connectivity index (χ2n) is 5.00. The fourth-order valence-corrected chi connectivity index (χ4v) is 3.81. The summed E-state index contributed by atoms with van der Waals surface area (Å²) in [7, 11) is -3.58. The normalized spacial score (nSPS) is 16.7. The fraction of sp³-hybridized carbons (Fsp3) is 0.667. The lowest BCUT2D eigenvalue weighted by Gasteiger charge is -2.26. The summed E-state index contributed by atoms with van der Waals surface area (Å²) >= 11 is 0. The number of aromatic nitrogens is 2. The van der Waals surface area contributed by atoms with Crippen LogP contribution in [0.3, 0.4) is 0 Å². The summed E-state index contributed by atoms with van der Waals surface area (Å²) in [5, 5.41) is 6.54. The molecule has 0 bridgehead atoms. The predicted molar refractivity (Wildman–Crippen MR) is 73.7 cm³/mol. The number of nitrogens with zero attached hydrogens (tertiary/aromatic N) is 2. The van der Waals surface area contributed by atoms with Crippen LogP contribution in [0, 0.1) is 13.8 Å². The van der Waals surface area contributed by atoms with Crippen LogP contribution < -0.4 is 4.72 Å². The van der Waals surface area contributed by atoms with Crippen molar-refractivity contribution in [1.82, 2.24) is 19.8 Å². The van der Waals surface area contributed by atoms with Gasteiger partial charge in [-0.2, -0.15) is 5.10 Å². The highest BCUT2D eigenvalue weighted by atomic mass is 32.2. The SMILES string of the molecule is Cc1n[nH]c(C)c1S(=O)(=O)NCCN1CCCCC1=O. The number of likely N-dealkylation sites (tertiary alicyclic amines) is 1. The molecule has 7 nitrogen and oxygen atoms in total. The third-order valence-electron chi connectivity index (χ3n) is 3.42. The smallest absolute Gasteiger partial charge is 0.244 e. The lowest BCUT2D eigenvalue weighted by Crippen LogP contribution is -2.41. The van der Waals surface area contributed by atoms with Crippen molar-refractivity contribution >= 4 is 15.9 Å². The Hall–Kier alpha value is -1.41. The molecule has 0 unspecified atom stereocenters. The van der Waals surface area contributed by atoms with Gasteiger partial charge in [0.2, 0.25) is 15.9 Å². The van der Waals surface area contributed by atoms with Crippen LogP contribution in [0.5, 0.6) is 0 Å². The molecule has 0 atom stereocenters. The third-order valence-corrected chi connectivity index (χ3v) is 5.15. The van der Waals surface area contributed by atoms with Crippen LogP contribution in [0.1, 0.15) is 30.7 Å². The summed E-state index contributed by atoms with van der Waals surface area (Å²) in [5.74, 6) is 0.103. The molecule has 1 aliphatic heterocycles. The number of carbonyl (C=O) groups excluding carboxylic acids is 1. The van der Waals surface area contributed by atoms with Gasteiger partial charge < -0.3 is 4.90 Å². The molecule has 2 N–H and O–H groups in total. The summed E-state index contributed by atoms with van der Waals surface area (Å²) in [4.78, 5) is 13.5. The Labute approximate surface area is 118 Å². The second kappa shape index (κ2) is 5.92. The Morgan fingerprint density at radius 2 is 2.10 bits per heavy atom. The highest BCUT2D eigenvalue weighted by Gasteiger charge is 2.23. The maximum absolute atomic E-state index is 12.2. The largest absolute Gasteiger partial charge is 0.341 e. The monoisotopic (exact) mass is 300 g/mol. The van der Waals surface area contributed by atoms with E-state index in [-0.39, 0.29) is 17.3 Å². The quantitative estimate of drug-likeness (QED) is 0.818. The number of sulfonamides is 1. The maximum Gasteiger partial charge on any atom is 0.244 e. The third kappa shape index (κ3) is 3.18. The number of rotatable bonds is 5. The molecule has 1 aliphatic rings. The molecule has 112 valence electrons.